The first-order chi connectivity index (χ1) is 10.1. The topological polar surface area (TPSA) is 59.0 Å². The van der Waals surface area contributed by atoms with Crippen molar-refractivity contribution in [2.45, 2.75) is 33.4 Å². The van der Waals surface area contributed by atoms with E-state index in [1.165, 1.54) is 0 Å². The van der Waals surface area contributed by atoms with E-state index in [0.717, 1.165) is 23.6 Å². The van der Waals surface area contributed by atoms with Crippen LogP contribution in [-0.4, -0.2) is 15.5 Å². The largest absolute Gasteiger partial charge is 0.378 e. The van der Waals surface area contributed by atoms with Crippen LogP contribution in [0.2, 0.25) is 5.02 Å². The summed E-state index contributed by atoms with van der Waals surface area (Å²) < 4.78 is 2.06. The van der Waals surface area contributed by atoms with Crippen LogP contribution in [0, 0.1) is 0 Å². The fourth-order valence-electron chi connectivity index (χ4n) is 1.95. The number of benzene rings is 1. The van der Waals surface area contributed by atoms with Gasteiger partial charge in [0.15, 0.2) is 0 Å². The van der Waals surface area contributed by atoms with E-state index in [9.17, 15) is 4.79 Å². The van der Waals surface area contributed by atoms with E-state index in [1.54, 1.807) is 18.5 Å². The first kappa shape index (κ1) is 15.4. The van der Waals surface area contributed by atoms with E-state index in [4.69, 9.17) is 11.6 Å². The highest BCUT2D eigenvalue weighted by Gasteiger charge is 2.06. The van der Waals surface area contributed by atoms with Crippen LogP contribution in [0.25, 0.3) is 0 Å². The molecule has 112 valence electrons. The smallest absolute Gasteiger partial charge is 0.224 e. The summed E-state index contributed by atoms with van der Waals surface area (Å²) in [6.07, 6.45) is 4.07. The first-order valence-corrected chi connectivity index (χ1v) is 7.34. The van der Waals surface area contributed by atoms with E-state index >= 15 is 0 Å². The van der Waals surface area contributed by atoms with Gasteiger partial charge in [0, 0.05) is 24.8 Å². The van der Waals surface area contributed by atoms with Gasteiger partial charge in [-0.15, -0.1) is 0 Å². The molecule has 0 aliphatic rings. The Bertz CT molecular complexity index is 624. The number of carbonyl (C=O) groups excluding carboxylic acids is 1. The first-order valence-electron chi connectivity index (χ1n) is 6.96. The van der Waals surface area contributed by atoms with Crippen molar-refractivity contribution >= 4 is 28.9 Å². The van der Waals surface area contributed by atoms with E-state index in [-0.39, 0.29) is 5.91 Å². The van der Waals surface area contributed by atoms with Crippen LogP contribution in [-0.2, 0) is 17.9 Å². The van der Waals surface area contributed by atoms with E-state index in [0.29, 0.717) is 18.0 Å². The van der Waals surface area contributed by atoms with Crippen LogP contribution in [0.1, 0.15) is 26.0 Å². The van der Waals surface area contributed by atoms with Gasteiger partial charge in [-0.25, -0.2) is 4.98 Å². The number of rotatable bonds is 6. The lowest BCUT2D eigenvalue weighted by molar-refractivity contribution is -0.115. The number of aryl methyl sites for hydroxylation is 1. The lowest BCUT2D eigenvalue weighted by Gasteiger charge is -2.12. The second kappa shape index (κ2) is 7.13. The van der Waals surface area contributed by atoms with Crippen molar-refractivity contribution in [2.24, 2.45) is 0 Å². The molecule has 0 unspecified atom stereocenters. The minimum absolute atomic E-state index is 0.0210. The van der Waals surface area contributed by atoms with Gasteiger partial charge in [0.2, 0.25) is 5.91 Å². The summed E-state index contributed by atoms with van der Waals surface area (Å²) in [5, 5.41) is 6.72. The van der Waals surface area contributed by atoms with Gasteiger partial charge in [-0.05, 0) is 25.1 Å². The Balaban J connectivity index is 2.08. The second-order valence-electron chi connectivity index (χ2n) is 4.62. The molecule has 1 amide bonds. The molecule has 0 fully saturated rings. The zero-order valence-corrected chi connectivity index (χ0v) is 12.9. The molecule has 1 heterocycles. The standard InChI is InChI=1S/C15H19ClN4O/c1-3-15(21)19-11-5-6-13(16)14(7-11)18-9-12-8-17-10-20(12)4-2/h5-8,10,18H,3-4,9H2,1-2H3,(H,19,21). The van der Waals surface area contributed by atoms with Gasteiger partial charge >= 0.3 is 0 Å². The van der Waals surface area contributed by atoms with Crippen LogP contribution in [0.5, 0.6) is 0 Å². The monoisotopic (exact) mass is 306 g/mol. The van der Waals surface area contributed by atoms with Crippen molar-refractivity contribution in [2.75, 3.05) is 10.6 Å². The summed E-state index contributed by atoms with van der Waals surface area (Å²) in [6.45, 7) is 5.38. The summed E-state index contributed by atoms with van der Waals surface area (Å²) in [6, 6.07) is 5.40. The lowest BCUT2D eigenvalue weighted by Crippen LogP contribution is -2.10. The van der Waals surface area contributed by atoms with Crippen molar-refractivity contribution in [3.8, 4) is 0 Å². The van der Waals surface area contributed by atoms with Gasteiger partial charge in [0.05, 0.1) is 29.3 Å². The number of imidazole rings is 1. The van der Waals surface area contributed by atoms with Crippen LogP contribution in [0.15, 0.2) is 30.7 Å². The number of carbonyl (C=O) groups is 1. The van der Waals surface area contributed by atoms with Gasteiger partial charge in [-0.2, -0.15) is 0 Å². The van der Waals surface area contributed by atoms with Crippen molar-refractivity contribution in [1.29, 1.82) is 0 Å². The molecule has 0 spiro atoms. The molecule has 0 saturated carbocycles. The summed E-state index contributed by atoms with van der Waals surface area (Å²) >= 11 is 6.18. The maximum atomic E-state index is 11.4. The van der Waals surface area contributed by atoms with Crippen molar-refractivity contribution in [1.82, 2.24) is 9.55 Å². The highest BCUT2D eigenvalue weighted by atomic mass is 35.5. The maximum absolute atomic E-state index is 11.4. The third-order valence-corrected chi connectivity index (χ3v) is 3.50. The summed E-state index contributed by atoms with van der Waals surface area (Å²) in [5.74, 6) is -0.0210. The van der Waals surface area contributed by atoms with Gasteiger partial charge in [-0.1, -0.05) is 18.5 Å². The van der Waals surface area contributed by atoms with Crippen molar-refractivity contribution in [3.05, 3.63) is 41.4 Å². The van der Waals surface area contributed by atoms with E-state index in [1.807, 2.05) is 19.2 Å². The third kappa shape index (κ3) is 3.98. The van der Waals surface area contributed by atoms with Crippen LogP contribution < -0.4 is 10.6 Å². The number of amides is 1. The SMILES string of the molecule is CCC(=O)Nc1ccc(Cl)c(NCc2cncn2CC)c1. The molecule has 1 aromatic heterocycles. The van der Waals surface area contributed by atoms with Gasteiger partial charge in [0.25, 0.3) is 0 Å². The number of nitrogens with zero attached hydrogens (tertiary/aromatic N) is 2. The Hall–Kier alpha value is -2.01. The molecule has 2 rings (SSSR count). The van der Waals surface area contributed by atoms with E-state index < -0.39 is 0 Å². The molecule has 0 radical (unpaired) electrons. The zero-order chi connectivity index (χ0) is 15.2. The second-order valence-corrected chi connectivity index (χ2v) is 5.03. The van der Waals surface area contributed by atoms with E-state index in [2.05, 4.69) is 27.1 Å². The molecule has 0 atom stereocenters. The summed E-state index contributed by atoms with van der Waals surface area (Å²) in [4.78, 5) is 15.6. The molecule has 0 aliphatic heterocycles. The molecule has 0 aliphatic carbocycles. The van der Waals surface area contributed by atoms with Crippen LogP contribution in [0.4, 0.5) is 11.4 Å². The maximum Gasteiger partial charge on any atom is 0.224 e. The molecule has 21 heavy (non-hydrogen) atoms. The number of halogens is 1. The molecular formula is C15H19ClN4O. The predicted molar refractivity (Wildman–Crippen MR) is 85.6 cm³/mol. The van der Waals surface area contributed by atoms with Crippen LogP contribution >= 0.6 is 11.6 Å². The highest BCUT2D eigenvalue weighted by molar-refractivity contribution is 6.33. The number of aromatic nitrogens is 2. The molecule has 0 saturated heterocycles. The highest BCUT2D eigenvalue weighted by Crippen LogP contribution is 2.26. The minimum atomic E-state index is -0.0210. The molecule has 6 heteroatoms. The molecule has 2 N–H and O–H groups in total. The fourth-order valence-corrected chi connectivity index (χ4v) is 2.14. The molecule has 5 nitrogen and oxygen atoms in total. The number of hydrogen-bond acceptors (Lipinski definition) is 3. The molecule has 2 aromatic rings. The number of nitrogens with one attached hydrogen (secondary N) is 2. The minimum Gasteiger partial charge on any atom is -0.378 e. The summed E-state index contributed by atoms with van der Waals surface area (Å²) in [7, 11) is 0. The number of hydrogen-bond donors (Lipinski definition) is 2. The van der Waals surface area contributed by atoms with Crippen molar-refractivity contribution < 1.29 is 4.79 Å². The summed E-state index contributed by atoms with van der Waals surface area (Å²) in [5.41, 5.74) is 2.60. The van der Waals surface area contributed by atoms with Crippen molar-refractivity contribution in [3.63, 3.8) is 0 Å². The Morgan fingerprint density at radius 2 is 2.19 bits per heavy atom. The van der Waals surface area contributed by atoms with Gasteiger partial charge in [-0.3, -0.25) is 4.79 Å². The Morgan fingerprint density at radius 1 is 1.38 bits per heavy atom. The predicted octanol–water partition coefficient (Wildman–Crippen LogP) is 3.52. The Morgan fingerprint density at radius 3 is 2.90 bits per heavy atom. The molecule has 0 bridgehead atoms. The third-order valence-electron chi connectivity index (χ3n) is 3.17. The number of anilines is 2. The average Bonchev–Trinajstić information content (AvgIpc) is 2.95. The van der Waals surface area contributed by atoms with Gasteiger partial charge in [0.1, 0.15) is 0 Å². The quantitative estimate of drug-likeness (QED) is 0.858. The lowest BCUT2D eigenvalue weighted by atomic mass is 10.2. The van der Waals surface area contributed by atoms with Gasteiger partial charge < -0.3 is 15.2 Å². The Labute approximate surface area is 129 Å². The normalized spacial score (nSPS) is 10.4. The molecule has 1 aromatic carbocycles. The Kier molecular flexibility index (Phi) is 5.22. The van der Waals surface area contributed by atoms with Crippen LogP contribution in [0.3, 0.4) is 0 Å². The average molecular weight is 307 g/mol. The zero-order valence-electron chi connectivity index (χ0n) is 12.2. The molecular weight excluding hydrogens is 288 g/mol. The fraction of sp³-hybridized carbons (Fsp3) is 0.333.